The molecule has 0 saturated carbocycles. The van der Waals surface area contributed by atoms with E-state index in [9.17, 15) is 9.59 Å². The topological polar surface area (TPSA) is 43.4 Å². The summed E-state index contributed by atoms with van der Waals surface area (Å²) in [6.07, 6.45) is 3.96. The van der Waals surface area contributed by atoms with Gasteiger partial charge in [-0.15, -0.1) is 0 Å². The summed E-state index contributed by atoms with van der Waals surface area (Å²) in [5.74, 6) is -0.411. The monoisotopic (exact) mass is 270 g/mol. The maximum atomic E-state index is 11.3. The van der Waals surface area contributed by atoms with E-state index in [0.29, 0.717) is 12.9 Å². The Morgan fingerprint density at radius 2 is 1.67 bits per heavy atom. The van der Waals surface area contributed by atoms with E-state index in [-0.39, 0.29) is 5.04 Å². The molecule has 0 rings (SSSR count). The van der Waals surface area contributed by atoms with Gasteiger partial charge in [0.05, 0.1) is 6.61 Å². The van der Waals surface area contributed by atoms with Crippen molar-refractivity contribution in [3.63, 3.8) is 0 Å². The molecule has 18 heavy (non-hydrogen) atoms. The number of carbonyl (C=O) groups excluding carboxylic acids is 2. The van der Waals surface area contributed by atoms with E-state index in [1.807, 2.05) is 6.08 Å². The van der Waals surface area contributed by atoms with Gasteiger partial charge in [-0.05, 0) is 32.0 Å². The zero-order valence-electron chi connectivity index (χ0n) is 12.7. The van der Waals surface area contributed by atoms with Crippen molar-refractivity contribution in [2.45, 2.75) is 52.8 Å². The first-order chi connectivity index (χ1) is 7.94. The van der Waals surface area contributed by atoms with E-state index in [1.54, 1.807) is 19.9 Å². The number of aldehydes is 1. The summed E-state index contributed by atoms with van der Waals surface area (Å²) in [7, 11) is -1.74. The Bertz CT molecular complexity index is 335. The van der Waals surface area contributed by atoms with Crippen molar-refractivity contribution in [3.8, 4) is 0 Å². The van der Waals surface area contributed by atoms with E-state index in [0.717, 1.165) is 0 Å². The normalized spacial score (nSPS) is 13.9. The van der Waals surface area contributed by atoms with Crippen molar-refractivity contribution in [2.24, 2.45) is 5.41 Å². The summed E-state index contributed by atoms with van der Waals surface area (Å²) in [6.45, 7) is 14.9. The largest absolute Gasteiger partial charge is 0.413 e. The highest BCUT2D eigenvalue weighted by atomic mass is 28.4. The fourth-order valence-corrected chi connectivity index (χ4v) is 2.00. The number of hydrogen-bond acceptors (Lipinski definition) is 3. The molecule has 0 heterocycles. The average Bonchev–Trinajstić information content (AvgIpc) is 2.21. The molecule has 0 aliphatic heterocycles. The number of carbonyl (C=O) groups is 2. The van der Waals surface area contributed by atoms with Crippen LogP contribution in [-0.4, -0.2) is 27.0 Å². The molecule has 0 aromatic heterocycles. The second kappa shape index (κ2) is 5.93. The summed E-state index contributed by atoms with van der Waals surface area (Å²) in [5.41, 5.74) is -0.738. The third kappa shape index (κ3) is 4.86. The highest BCUT2D eigenvalue weighted by Crippen LogP contribution is 2.36. The van der Waals surface area contributed by atoms with Crippen LogP contribution in [0, 0.1) is 5.41 Å². The Kier molecular flexibility index (Phi) is 5.69. The summed E-state index contributed by atoms with van der Waals surface area (Å²) in [4.78, 5) is 21.8. The molecule has 0 bridgehead atoms. The second-order valence-electron chi connectivity index (χ2n) is 6.68. The first-order valence-corrected chi connectivity index (χ1v) is 9.16. The van der Waals surface area contributed by atoms with Crippen molar-refractivity contribution in [2.75, 3.05) is 6.61 Å². The lowest BCUT2D eigenvalue weighted by molar-refractivity contribution is -0.134. The standard InChI is InChI=1S/C14H26O3Si/c1-13(2,3)18(6,7)17-10-8-9-14(4,5)12(16)11-15/h8-9,11H,10H2,1-7H3/b9-8+. The summed E-state index contributed by atoms with van der Waals surface area (Å²) in [6, 6.07) is 0. The lowest BCUT2D eigenvalue weighted by Crippen LogP contribution is -2.40. The minimum Gasteiger partial charge on any atom is -0.413 e. The van der Waals surface area contributed by atoms with Crippen LogP contribution in [0.4, 0.5) is 0 Å². The van der Waals surface area contributed by atoms with Gasteiger partial charge in [0, 0.05) is 5.41 Å². The third-order valence-corrected chi connectivity index (χ3v) is 8.12. The van der Waals surface area contributed by atoms with Crippen molar-refractivity contribution in [1.82, 2.24) is 0 Å². The average molecular weight is 270 g/mol. The number of hydrogen-bond donors (Lipinski definition) is 0. The van der Waals surface area contributed by atoms with Crippen LogP contribution in [-0.2, 0) is 14.0 Å². The molecule has 4 heteroatoms. The van der Waals surface area contributed by atoms with Gasteiger partial charge in [0.15, 0.2) is 14.6 Å². The van der Waals surface area contributed by atoms with Crippen LogP contribution in [0.3, 0.4) is 0 Å². The molecular weight excluding hydrogens is 244 g/mol. The Hall–Kier alpha value is -0.743. The van der Waals surface area contributed by atoms with Gasteiger partial charge in [0.25, 0.3) is 0 Å². The van der Waals surface area contributed by atoms with Crippen LogP contribution in [0.15, 0.2) is 12.2 Å². The van der Waals surface area contributed by atoms with E-state index < -0.39 is 19.5 Å². The molecule has 0 N–H and O–H groups in total. The molecule has 3 nitrogen and oxygen atoms in total. The number of Topliss-reactive ketones (excluding diaryl/α,β-unsaturated/α-hetero) is 1. The number of ketones is 1. The van der Waals surface area contributed by atoms with E-state index in [4.69, 9.17) is 4.43 Å². The Morgan fingerprint density at radius 3 is 2.06 bits per heavy atom. The second-order valence-corrected chi connectivity index (χ2v) is 11.5. The van der Waals surface area contributed by atoms with E-state index in [1.165, 1.54) is 0 Å². The van der Waals surface area contributed by atoms with E-state index in [2.05, 4.69) is 33.9 Å². The molecule has 104 valence electrons. The van der Waals surface area contributed by atoms with Crippen molar-refractivity contribution < 1.29 is 14.0 Å². The molecule has 0 spiro atoms. The van der Waals surface area contributed by atoms with Gasteiger partial charge in [-0.3, -0.25) is 9.59 Å². The van der Waals surface area contributed by atoms with Crippen LogP contribution < -0.4 is 0 Å². The highest BCUT2D eigenvalue weighted by molar-refractivity contribution is 6.74. The maximum Gasteiger partial charge on any atom is 0.204 e. The molecule has 0 radical (unpaired) electrons. The van der Waals surface area contributed by atoms with Crippen molar-refractivity contribution >= 4 is 20.4 Å². The maximum absolute atomic E-state index is 11.3. The smallest absolute Gasteiger partial charge is 0.204 e. The van der Waals surface area contributed by atoms with Crippen molar-refractivity contribution in [1.29, 1.82) is 0 Å². The fraction of sp³-hybridized carbons (Fsp3) is 0.714. The zero-order chi connectivity index (χ0) is 14.6. The predicted octanol–water partition coefficient (Wildman–Crippen LogP) is 3.36. The molecule has 0 aromatic rings. The number of rotatable bonds is 6. The quantitative estimate of drug-likeness (QED) is 0.322. The molecule has 0 amide bonds. The fourth-order valence-electron chi connectivity index (χ4n) is 1.05. The van der Waals surface area contributed by atoms with Gasteiger partial charge in [0.1, 0.15) is 0 Å². The van der Waals surface area contributed by atoms with Gasteiger partial charge >= 0.3 is 0 Å². The van der Waals surface area contributed by atoms with Crippen LogP contribution in [0.1, 0.15) is 34.6 Å². The molecular formula is C14H26O3Si. The molecule has 0 saturated heterocycles. The van der Waals surface area contributed by atoms with Crippen LogP contribution >= 0.6 is 0 Å². The Morgan fingerprint density at radius 1 is 1.17 bits per heavy atom. The number of allylic oxidation sites excluding steroid dienone is 1. The Balaban J connectivity index is 4.45. The van der Waals surface area contributed by atoms with Crippen LogP contribution in [0.5, 0.6) is 0 Å². The van der Waals surface area contributed by atoms with Gasteiger partial charge < -0.3 is 4.43 Å². The lowest BCUT2D eigenvalue weighted by Gasteiger charge is -2.35. The minimum atomic E-state index is -1.74. The van der Waals surface area contributed by atoms with E-state index >= 15 is 0 Å². The van der Waals surface area contributed by atoms with Crippen molar-refractivity contribution in [3.05, 3.63) is 12.2 Å². The summed E-state index contributed by atoms with van der Waals surface area (Å²) >= 11 is 0. The van der Waals surface area contributed by atoms with Crippen LogP contribution in [0.2, 0.25) is 18.1 Å². The molecule has 0 aromatic carbocycles. The Labute approximate surface area is 112 Å². The highest BCUT2D eigenvalue weighted by Gasteiger charge is 2.36. The first-order valence-electron chi connectivity index (χ1n) is 6.25. The van der Waals surface area contributed by atoms with Gasteiger partial charge in [0.2, 0.25) is 5.78 Å². The SMILES string of the molecule is CC(C)(/C=C/CO[Si](C)(C)C(C)(C)C)C(=O)C=O. The predicted molar refractivity (Wildman–Crippen MR) is 77.1 cm³/mol. The van der Waals surface area contributed by atoms with Gasteiger partial charge in [-0.1, -0.05) is 32.9 Å². The third-order valence-electron chi connectivity index (χ3n) is 3.62. The first kappa shape index (κ1) is 17.3. The van der Waals surface area contributed by atoms with Crippen LogP contribution in [0.25, 0.3) is 0 Å². The molecule has 0 aliphatic carbocycles. The summed E-state index contributed by atoms with van der Waals surface area (Å²) in [5, 5.41) is 0.176. The zero-order valence-corrected chi connectivity index (χ0v) is 13.7. The molecule has 0 unspecified atom stereocenters. The van der Waals surface area contributed by atoms with Gasteiger partial charge in [-0.2, -0.15) is 0 Å². The minimum absolute atomic E-state index is 0.176. The lowest BCUT2D eigenvalue weighted by atomic mass is 9.88. The molecule has 0 aliphatic rings. The van der Waals surface area contributed by atoms with Gasteiger partial charge in [-0.25, -0.2) is 0 Å². The molecule has 0 fully saturated rings. The molecule has 0 atom stereocenters. The summed E-state index contributed by atoms with van der Waals surface area (Å²) < 4.78 is 5.96.